The standard InChI is InChI=1S/C17H15F3N2O3S/c1-11-14(22(23)7-6-15(11)25-10-17(18,19)20)9-26(24)16-8-12-4-2-3-5-13(12)21-16/h2-7H,8-10H2,1H3. The molecule has 0 N–H and O–H groups in total. The van der Waals surface area contributed by atoms with E-state index in [0.717, 1.165) is 17.4 Å². The molecular weight excluding hydrogens is 369 g/mol. The number of fused-ring (bicyclic) bond motifs is 1. The number of hydrogen-bond acceptors (Lipinski definition) is 4. The van der Waals surface area contributed by atoms with Crippen LogP contribution in [0.15, 0.2) is 41.5 Å². The largest absolute Gasteiger partial charge is 0.618 e. The summed E-state index contributed by atoms with van der Waals surface area (Å²) < 4.78 is 54.9. The Balaban J connectivity index is 1.78. The molecule has 138 valence electrons. The molecule has 0 spiro atoms. The lowest BCUT2D eigenvalue weighted by Gasteiger charge is -2.13. The number of rotatable bonds is 4. The van der Waals surface area contributed by atoms with E-state index in [1.807, 2.05) is 24.3 Å². The molecule has 2 heterocycles. The number of pyridine rings is 1. The van der Waals surface area contributed by atoms with Gasteiger partial charge in [0, 0.05) is 12.5 Å². The van der Waals surface area contributed by atoms with Gasteiger partial charge in [-0.3, -0.25) is 4.21 Å². The summed E-state index contributed by atoms with van der Waals surface area (Å²) in [6.07, 6.45) is -3.01. The Kier molecular flexibility index (Phi) is 4.99. The minimum atomic E-state index is -4.48. The molecule has 9 heteroatoms. The SMILES string of the molecule is Cc1c(OCC(F)(F)F)cc[n+]([O-])c1CS(=O)C1=Nc2ccccc2C1. The highest BCUT2D eigenvalue weighted by Crippen LogP contribution is 2.28. The second-order valence-electron chi connectivity index (χ2n) is 5.78. The fourth-order valence-corrected chi connectivity index (χ4v) is 3.87. The molecule has 1 unspecified atom stereocenters. The van der Waals surface area contributed by atoms with Gasteiger partial charge in [-0.15, -0.1) is 0 Å². The lowest BCUT2D eigenvalue weighted by atomic mass is 10.2. The molecule has 0 amide bonds. The van der Waals surface area contributed by atoms with Crippen LogP contribution in [-0.4, -0.2) is 22.0 Å². The van der Waals surface area contributed by atoms with Gasteiger partial charge >= 0.3 is 6.18 Å². The van der Waals surface area contributed by atoms with E-state index in [4.69, 9.17) is 4.74 Å². The Hall–Kier alpha value is -2.42. The van der Waals surface area contributed by atoms with Crippen LogP contribution in [-0.2, 0) is 23.0 Å². The third-order valence-corrected chi connectivity index (χ3v) is 5.23. The van der Waals surface area contributed by atoms with Crippen LogP contribution in [0.5, 0.6) is 5.75 Å². The van der Waals surface area contributed by atoms with Crippen molar-refractivity contribution in [1.82, 2.24) is 0 Å². The lowest BCUT2D eigenvalue weighted by Crippen LogP contribution is -2.34. The molecule has 0 fully saturated rings. The van der Waals surface area contributed by atoms with E-state index in [1.54, 1.807) is 0 Å². The highest BCUT2D eigenvalue weighted by molar-refractivity contribution is 8.00. The summed E-state index contributed by atoms with van der Waals surface area (Å²) >= 11 is 0. The number of aromatic nitrogens is 1. The van der Waals surface area contributed by atoms with E-state index >= 15 is 0 Å². The first-order valence-electron chi connectivity index (χ1n) is 7.69. The maximum atomic E-state index is 12.6. The summed E-state index contributed by atoms with van der Waals surface area (Å²) in [7, 11) is -1.57. The number of hydrogen-bond donors (Lipinski definition) is 0. The van der Waals surface area contributed by atoms with Crippen molar-refractivity contribution in [1.29, 1.82) is 0 Å². The predicted molar refractivity (Wildman–Crippen MR) is 90.8 cm³/mol. The second-order valence-corrected chi connectivity index (χ2v) is 7.23. The monoisotopic (exact) mass is 384 g/mol. The highest BCUT2D eigenvalue weighted by atomic mass is 32.2. The van der Waals surface area contributed by atoms with Crippen LogP contribution in [0.2, 0.25) is 0 Å². The van der Waals surface area contributed by atoms with E-state index in [1.165, 1.54) is 13.0 Å². The van der Waals surface area contributed by atoms with Gasteiger partial charge in [0.05, 0.1) is 22.1 Å². The third kappa shape index (κ3) is 4.04. The van der Waals surface area contributed by atoms with E-state index in [9.17, 15) is 22.6 Å². The number of halogens is 3. The Morgan fingerprint density at radius 2 is 2.04 bits per heavy atom. The number of alkyl halides is 3. The topological polar surface area (TPSA) is 65.6 Å². The van der Waals surface area contributed by atoms with Crippen LogP contribution in [0.1, 0.15) is 16.8 Å². The van der Waals surface area contributed by atoms with Crippen LogP contribution < -0.4 is 9.47 Å². The molecular formula is C17H15F3N2O3S. The van der Waals surface area contributed by atoms with Crippen LogP contribution in [0, 0.1) is 12.1 Å². The average molecular weight is 384 g/mol. The molecule has 3 rings (SSSR count). The fourth-order valence-electron chi connectivity index (χ4n) is 2.59. The molecule has 1 atom stereocenters. The zero-order valence-corrected chi connectivity index (χ0v) is 14.6. The maximum Gasteiger partial charge on any atom is 0.422 e. The number of aliphatic imine (C=N–C) groups is 1. The van der Waals surface area contributed by atoms with Crippen molar-refractivity contribution in [2.24, 2.45) is 4.99 Å². The first-order valence-corrected chi connectivity index (χ1v) is 9.01. The molecule has 2 aromatic rings. The Bertz CT molecular complexity index is 897. The van der Waals surface area contributed by atoms with E-state index in [0.29, 0.717) is 16.2 Å². The lowest BCUT2D eigenvalue weighted by molar-refractivity contribution is -0.613. The highest BCUT2D eigenvalue weighted by Gasteiger charge is 2.30. The van der Waals surface area contributed by atoms with Crippen molar-refractivity contribution in [2.75, 3.05) is 6.61 Å². The molecule has 5 nitrogen and oxygen atoms in total. The molecule has 1 aliphatic heterocycles. The molecule has 1 aromatic carbocycles. The Morgan fingerprint density at radius 1 is 1.31 bits per heavy atom. The predicted octanol–water partition coefficient (Wildman–Crippen LogP) is 3.10. The van der Waals surface area contributed by atoms with E-state index < -0.39 is 23.6 Å². The smallest absolute Gasteiger partial charge is 0.422 e. The van der Waals surface area contributed by atoms with Gasteiger partial charge in [0.25, 0.3) is 0 Å². The number of benzene rings is 1. The molecule has 0 saturated heterocycles. The van der Waals surface area contributed by atoms with Gasteiger partial charge < -0.3 is 9.94 Å². The first-order chi connectivity index (χ1) is 12.2. The Morgan fingerprint density at radius 3 is 2.73 bits per heavy atom. The quantitative estimate of drug-likeness (QED) is 0.601. The van der Waals surface area contributed by atoms with Crippen LogP contribution >= 0.6 is 0 Å². The summed E-state index contributed by atoms with van der Waals surface area (Å²) in [4.78, 5) is 4.32. The minimum Gasteiger partial charge on any atom is -0.618 e. The number of ether oxygens (including phenoxy) is 1. The number of nitrogens with zero attached hydrogens (tertiary/aromatic N) is 2. The van der Waals surface area contributed by atoms with Gasteiger partial charge in [0.15, 0.2) is 12.8 Å². The van der Waals surface area contributed by atoms with Crippen molar-refractivity contribution >= 4 is 21.5 Å². The summed E-state index contributed by atoms with van der Waals surface area (Å²) in [5.41, 5.74) is 2.02. The summed E-state index contributed by atoms with van der Waals surface area (Å²) in [6, 6.07) is 8.55. The molecule has 0 radical (unpaired) electrons. The van der Waals surface area contributed by atoms with Crippen molar-refractivity contribution < 1.29 is 26.8 Å². The second kappa shape index (κ2) is 7.06. The van der Waals surface area contributed by atoms with Crippen molar-refractivity contribution in [2.45, 2.75) is 25.3 Å². The van der Waals surface area contributed by atoms with Gasteiger partial charge in [-0.1, -0.05) is 18.2 Å². The maximum absolute atomic E-state index is 12.6. The van der Waals surface area contributed by atoms with Crippen LogP contribution in [0.3, 0.4) is 0 Å². The first kappa shape index (κ1) is 18.4. The fraction of sp³-hybridized carbons (Fsp3) is 0.294. The molecule has 1 aromatic heterocycles. The van der Waals surface area contributed by atoms with E-state index in [2.05, 4.69) is 4.99 Å². The summed E-state index contributed by atoms with van der Waals surface area (Å²) in [5, 5.41) is 12.5. The third-order valence-electron chi connectivity index (χ3n) is 3.93. The number of para-hydroxylation sites is 1. The van der Waals surface area contributed by atoms with Gasteiger partial charge in [-0.2, -0.15) is 17.9 Å². The van der Waals surface area contributed by atoms with Crippen molar-refractivity contribution in [3.05, 3.63) is 58.6 Å². The Labute approximate surface area is 150 Å². The minimum absolute atomic E-state index is 0.0573. The molecule has 0 saturated carbocycles. The zero-order chi connectivity index (χ0) is 18.9. The molecule has 1 aliphatic rings. The van der Waals surface area contributed by atoms with Crippen LogP contribution in [0.4, 0.5) is 18.9 Å². The van der Waals surface area contributed by atoms with Crippen molar-refractivity contribution in [3.8, 4) is 5.75 Å². The van der Waals surface area contributed by atoms with Crippen molar-refractivity contribution in [3.63, 3.8) is 0 Å². The summed E-state index contributed by atoms with van der Waals surface area (Å²) in [5.74, 6) is -0.205. The molecule has 26 heavy (non-hydrogen) atoms. The van der Waals surface area contributed by atoms with Gasteiger partial charge in [-0.25, -0.2) is 4.99 Å². The summed E-state index contributed by atoms with van der Waals surface area (Å²) in [6.45, 7) is 0.0130. The molecule has 0 bridgehead atoms. The normalized spacial score (nSPS) is 14.7. The van der Waals surface area contributed by atoms with E-state index in [-0.39, 0.29) is 22.8 Å². The zero-order valence-electron chi connectivity index (χ0n) is 13.7. The average Bonchev–Trinajstić information content (AvgIpc) is 3.01. The van der Waals surface area contributed by atoms with Gasteiger partial charge in [0.1, 0.15) is 16.5 Å². The molecule has 0 aliphatic carbocycles. The van der Waals surface area contributed by atoms with Gasteiger partial charge in [-0.05, 0) is 18.6 Å². The van der Waals surface area contributed by atoms with Gasteiger partial charge in [0.2, 0.25) is 5.69 Å². The van der Waals surface area contributed by atoms with Crippen LogP contribution in [0.25, 0.3) is 0 Å².